The summed E-state index contributed by atoms with van der Waals surface area (Å²) in [5.41, 5.74) is 3.09. The molecule has 1 saturated heterocycles. The van der Waals surface area contributed by atoms with Crippen LogP contribution in [0.3, 0.4) is 0 Å². The van der Waals surface area contributed by atoms with Gasteiger partial charge < -0.3 is 9.47 Å². The number of nitrogens with one attached hydrogen (secondary N) is 1. The molecule has 2 aromatic rings. The molecule has 1 aliphatic heterocycles. The Morgan fingerprint density at radius 1 is 1.11 bits per heavy atom. The zero-order chi connectivity index (χ0) is 19.6. The van der Waals surface area contributed by atoms with Crippen LogP contribution in [0.25, 0.3) is 0 Å². The number of methoxy groups -OCH3 is 1. The van der Waals surface area contributed by atoms with Gasteiger partial charge in [0, 0.05) is 22.7 Å². The molecule has 2 aromatic carbocycles. The van der Waals surface area contributed by atoms with Crippen molar-refractivity contribution in [2.24, 2.45) is 0 Å². The molecule has 7 heteroatoms. The number of hydrazine groups is 1. The van der Waals surface area contributed by atoms with Crippen LogP contribution in [0.5, 0.6) is 11.5 Å². The number of nitrogens with zero attached hydrogens (tertiary/aromatic N) is 1. The van der Waals surface area contributed by atoms with Gasteiger partial charge in [0.05, 0.1) is 13.2 Å². The molecule has 0 spiro atoms. The summed E-state index contributed by atoms with van der Waals surface area (Å²) in [6, 6.07) is 12.5. The molecular weight excluding hydrogens is 387 g/mol. The molecule has 0 aliphatic carbocycles. The Bertz CT molecular complexity index is 824. The Kier molecular flexibility index (Phi) is 5.84. The minimum absolute atomic E-state index is 0.0789. The van der Waals surface area contributed by atoms with Crippen LogP contribution in [0, 0.1) is 0 Å². The Balaban J connectivity index is 1.81. The molecule has 1 aliphatic rings. The SMILES string of the molecule is COc1cc(Cl)ccc1OC(C)(C)C(=O)N1NCCC1c1ccc(Cl)cc1. The van der Waals surface area contributed by atoms with Crippen LogP contribution in [-0.4, -0.2) is 30.2 Å². The number of amides is 1. The second kappa shape index (κ2) is 7.97. The number of carbonyl (C=O) groups excluding carboxylic acids is 1. The molecule has 5 nitrogen and oxygen atoms in total. The molecule has 0 saturated carbocycles. The Morgan fingerprint density at radius 2 is 1.78 bits per heavy atom. The van der Waals surface area contributed by atoms with Gasteiger partial charge in [-0.05, 0) is 50.1 Å². The number of carbonyl (C=O) groups is 1. The van der Waals surface area contributed by atoms with Crippen molar-refractivity contribution in [3.05, 3.63) is 58.1 Å². The molecule has 1 N–H and O–H groups in total. The van der Waals surface area contributed by atoms with E-state index in [4.69, 9.17) is 32.7 Å². The van der Waals surface area contributed by atoms with E-state index in [1.165, 1.54) is 7.11 Å². The molecular formula is C20H22Cl2N2O3. The highest BCUT2D eigenvalue weighted by molar-refractivity contribution is 6.31. The number of benzene rings is 2. The van der Waals surface area contributed by atoms with Crippen molar-refractivity contribution in [1.29, 1.82) is 0 Å². The summed E-state index contributed by atoms with van der Waals surface area (Å²) in [4.78, 5) is 13.2. The fourth-order valence-corrected chi connectivity index (χ4v) is 3.40. The summed E-state index contributed by atoms with van der Waals surface area (Å²) < 4.78 is 11.3. The first kappa shape index (κ1) is 19.8. The van der Waals surface area contributed by atoms with Gasteiger partial charge >= 0.3 is 0 Å². The van der Waals surface area contributed by atoms with Gasteiger partial charge in [-0.2, -0.15) is 0 Å². The van der Waals surface area contributed by atoms with E-state index in [2.05, 4.69) is 5.43 Å². The van der Waals surface area contributed by atoms with Gasteiger partial charge in [0.1, 0.15) is 0 Å². The average Bonchev–Trinajstić information content (AvgIpc) is 3.12. The third-order valence-electron chi connectivity index (χ3n) is 4.49. The number of rotatable bonds is 5. The van der Waals surface area contributed by atoms with Gasteiger partial charge in [0.15, 0.2) is 17.1 Å². The fraction of sp³-hybridized carbons (Fsp3) is 0.350. The van der Waals surface area contributed by atoms with Gasteiger partial charge in [-0.25, -0.2) is 5.43 Å². The second-order valence-electron chi connectivity index (χ2n) is 6.85. The summed E-state index contributed by atoms with van der Waals surface area (Å²) in [7, 11) is 1.53. The second-order valence-corrected chi connectivity index (χ2v) is 7.72. The molecule has 0 aromatic heterocycles. The van der Waals surface area contributed by atoms with E-state index in [0.717, 1.165) is 12.0 Å². The summed E-state index contributed by atoms with van der Waals surface area (Å²) in [6.45, 7) is 4.18. The van der Waals surface area contributed by atoms with Gasteiger partial charge in [-0.3, -0.25) is 9.80 Å². The lowest BCUT2D eigenvalue weighted by atomic mass is 10.0. The molecule has 3 rings (SSSR count). The Hall–Kier alpha value is -1.95. The van der Waals surface area contributed by atoms with Crippen molar-refractivity contribution < 1.29 is 14.3 Å². The topological polar surface area (TPSA) is 50.8 Å². The third-order valence-corrected chi connectivity index (χ3v) is 4.98. The van der Waals surface area contributed by atoms with E-state index >= 15 is 0 Å². The molecule has 1 amide bonds. The van der Waals surface area contributed by atoms with Crippen molar-refractivity contribution in [1.82, 2.24) is 10.4 Å². The smallest absolute Gasteiger partial charge is 0.280 e. The van der Waals surface area contributed by atoms with E-state index in [1.54, 1.807) is 37.1 Å². The minimum atomic E-state index is -1.11. The summed E-state index contributed by atoms with van der Waals surface area (Å²) in [5, 5.41) is 2.85. The van der Waals surface area contributed by atoms with Crippen molar-refractivity contribution in [3.63, 3.8) is 0 Å². The van der Waals surface area contributed by atoms with Crippen molar-refractivity contribution in [3.8, 4) is 11.5 Å². The first-order valence-electron chi connectivity index (χ1n) is 8.67. The molecule has 1 fully saturated rings. The molecule has 1 atom stereocenters. The summed E-state index contributed by atoms with van der Waals surface area (Å²) >= 11 is 12.0. The van der Waals surface area contributed by atoms with Crippen LogP contribution < -0.4 is 14.9 Å². The fourth-order valence-electron chi connectivity index (χ4n) is 3.11. The molecule has 1 unspecified atom stereocenters. The largest absolute Gasteiger partial charge is 0.493 e. The highest BCUT2D eigenvalue weighted by Gasteiger charge is 2.40. The van der Waals surface area contributed by atoms with Gasteiger partial charge in [-0.15, -0.1) is 0 Å². The molecule has 144 valence electrons. The maximum Gasteiger partial charge on any atom is 0.280 e. The van der Waals surface area contributed by atoms with Crippen molar-refractivity contribution >= 4 is 29.1 Å². The van der Waals surface area contributed by atoms with Gasteiger partial charge in [-0.1, -0.05) is 35.3 Å². The first-order chi connectivity index (χ1) is 12.8. The highest BCUT2D eigenvalue weighted by Crippen LogP contribution is 2.35. The summed E-state index contributed by atoms with van der Waals surface area (Å²) in [5.74, 6) is 0.770. The highest BCUT2D eigenvalue weighted by atomic mass is 35.5. The van der Waals surface area contributed by atoms with Crippen LogP contribution in [0.4, 0.5) is 0 Å². The van der Waals surface area contributed by atoms with Crippen LogP contribution >= 0.6 is 23.2 Å². The van der Waals surface area contributed by atoms with Crippen LogP contribution in [-0.2, 0) is 4.79 Å². The lowest BCUT2D eigenvalue weighted by molar-refractivity contribution is -0.149. The van der Waals surface area contributed by atoms with E-state index in [1.807, 2.05) is 24.3 Å². The molecule has 1 heterocycles. The zero-order valence-corrected chi connectivity index (χ0v) is 17.0. The summed E-state index contributed by atoms with van der Waals surface area (Å²) in [6.07, 6.45) is 0.813. The van der Waals surface area contributed by atoms with Crippen LogP contribution in [0.1, 0.15) is 31.9 Å². The quantitative estimate of drug-likeness (QED) is 0.782. The van der Waals surface area contributed by atoms with Gasteiger partial charge in [0.2, 0.25) is 0 Å². The van der Waals surface area contributed by atoms with Crippen molar-refractivity contribution in [2.75, 3.05) is 13.7 Å². The minimum Gasteiger partial charge on any atom is -0.493 e. The Labute approximate surface area is 169 Å². The molecule has 0 radical (unpaired) electrons. The lowest BCUT2D eigenvalue weighted by Gasteiger charge is -2.33. The third kappa shape index (κ3) is 4.32. The van der Waals surface area contributed by atoms with E-state index in [9.17, 15) is 4.79 Å². The monoisotopic (exact) mass is 408 g/mol. The maximum absolute atomic E-state index is 13.2. The predicted molar refractivity (Wildman–Crippen MR) is 106 cm³/mol. The normalized spacial score (nSPS) is 17.1. The average molecular weight is 409 g/mol. The number of hydrogen-bond acceptors (Lipinski definition) is 4. The number of ether oxygens (including phenoxy) is 2. The van der Waals surface area contributed by atoms with E-state index in [-0.39, 0.29) is 11.9 Å². The van der Waals surface area contributed by atoms with E-state index in [0.29, 0.717) is 28.1 Å². The lowest BCUT2D eigenvalue weighted by Crippen LogP contribution is -2.52. The molecule has 27 heavy (non-hydrogen) atoms. The first-order valence-corrected chi connectivity index (χ1v) is 9.42. The Morgan fingerprint density at radius 3 is 2.44 bits per heavy atom. The molecule has 0 bridgehead atoms. The maximum atomic E-state index is 13.2. The van der Waals surface area contributed by atoms with Crippen molar-refractivity contribution in [2.45, 2.75) is 31.9 Å². The number of halogens is 2. The van der Waals surface area contributed by atoms with Crippen LogP contribution in [0.2, 0.25) is 10.0 Å². The standard InChI is InChI=1S/C20H22Cl2N2O3/c1-20(2,27-17-9-8-15(22)12-18(17)26-3)19(25)24-16(10-11-23-24)13-4-6-14(21)7-5-13/h4-9,12,16,23H,10-11H2,1-3H3. The van der Waals surface area contributed by atoms with Crippen LogP contribution in [0.15, 0.2) is 42.5 Å². The number of hydrogen-bond donors (Lipinski definition) is 1. The predicted octanol–water partition coefficient (Wildman–Crippen LogP) is 4.64. The zero-order valence-electron chi connectivity index (χ0n) is 15.5. The van der Waals surface area contributed by atoms with E-state index < -0.39 is 5.60 Å². The van der Waals surface area contributed by atoms with Gasteiger partial charge in [0.25, 0.3) is 5.91 Å².